The summed E-state index contributed by atoms with van der Waals surface area (Å²) in [4.78, 5) is 10.7. The molecule has 0 fully saturated rings. The number of halogens is 3. The summed E-state index contributed by atoms with van der Waals surface area (Å²) in [7, 11) is 0. The average molecular weight is 364 g/mol. The number of anilines is 2. The Bertz CT molecular complexity index is 920. The first-order chi connectivity index (χ1) is 12.0. The van der Waals surface area contributed by atoms with Crippen LogP contribution in [0, 0.1) is 0 Å². The van der Waals surface area contributed by atoms with Crippen LogP contribution in [0.25, 0.3) is 10.2 Å². The van der Waals surface area contributed by atoms with Crippen LogP contribution in [0.2, 0.25) is 0 Å². The van der Waals surface area contributed by atoms with Crippen molar-refractivity contribution >= 4 is 33.1 Å². The summed E-state index contributed by atoms with van der Waals surface area (Å²) in [5, 5.41) is 0.916. The van der Waals surface area contributed by atoms with Crippen LogP contribution in [0.1, 0.15) is 28.8 Å². The van der Waals surface area contributed by atoms with Gasteiger partial charge in [0.25, 0.3) is 0 Å². The van der Waals surface area contributed by atoms with Gasteiger partial charge in [-0.15, -0.1) is 11.3 Å². The van der Waals surface area contributed by atoms with Gasteiger partial charge in [-0.05, 0) is 43.4 Å². The maximum absolute atomic E-state index is 13.1. The molecule has 0 saturated carbocycles. The minimum atomic E-state index is -4.42. The van der Waals surface area contributed by atoms with Crippen LogP contribution in [-0.2, 0) is 19.0 Å². The van der Waals surface area contributed by atoms with Crippen molar-refractivity contribution in [1.82, 2.24) is 9.97 Å². The molecule has 130 valence electrons. The van der Waals surface area contributed by atoms with Crippen LogP contribution in [0.3, 0.4) is 0 Å². The Morgan fingerprint density at radius 3 is 2.64 bits per heavy atom. The normalized spacial score (nSPS) is 14.4. The largest absolute Gasteiger partial charge is 0.418 e. The molecule has 0 spiro atoms. The molecule has 0 atom stereocenters. The summed E-state index contributed by atoms with van der Waals surface area (Å²) < 4.78 is 39.3. The van der Waals surface area contributed by atoms with Gasteiger partial charge in [-0.1, -0.05) is 12.1 Å². The molecule has 0 amide bonds. The van der Waals surface area contributed by atoms with Crippen molar-refractivity contribution in [3.05, 3.63) is 46.6 Å². The third-order valence-corrected chi connectivity index (χ3v) is 5.50. The molecule has 0 radical (unpaired) electrons. The lowest BCUT2D eigenvalue weighted by atomic mass is 9.97. The molecule has 4 rings (SSSR count). The van der Waals surface area contributed by atoms with Crippen molar-refractivity contribution in [3.8, 4) is 0 Å². The van der Waals surface area contributed by atoms with Crippen LogP contribution < -0.4 is 10.9 Å². The summed E-state index contributed by atoms with van der Waals surface area (Å²) >= 11 is 1.64. The summed E-state index contributed by atoms with van der Waals surface area (Å²) in [5.41, 5.74) is 5.99. The van der Waals surface area contributed by atoms with Crippen molar-refractivity contribution in [1.29, 1.82) is 0 Å². The van der Waals surface area contributed by atoms with E-state index in [9.17, 15) is 13.2 Å². The summed E-state index contributed by atoms with van der Waals surface area (Å²) in [6.07, 6.45) is 1.26. The molecular weight excluding hydrogens is 349 g/mol. The molecule has 0 saturated heterocycles. The van der Waals surface area contributed by atoms with Gasteiger partial charge in [-0.25, -0.2) is 9.97 Å². The summed E-state index contributed by atoms with van der Waals surface area (Å²) in [6.45, 7) is 0. The highest BCUT2D eigenvalue weighted by molar-refractivity contribution is 7.19. The first-order valence-electron chi connectivity index (χ1n) is 7.97. The third kappa shape index (κ3) is 3.02. The fourth-order valence-electron chi connectivity index (χ4n) is 3.15. The highest BCUT2D eigenvalue weighted by Gasteiger charge is 2.33. The number of aromatic nitrogens is 2. The molecule has 2 heterocycles. The van der Waals surface area contributed by atoms with Crippen molar-refractivity contribution in [2.45, 2.75) is 31.9 Å². The summed E-state index contributed by atoms with van der Waals surface area (Å²) in [6, 6.07) is 5.36. The molecular formula is C17H15F3N4S. The number of thiophene rings is 1. The van der Waals surface area contributed by atoms with E-state index in [0.29, 0.717) is 5.82 Å². The highest BCUT2D eigenvalue weighted by Crippen LogP contribution is 2.38. The van der Waals surface area contributed by atoms with Crippen LogP contribution in [0.4, 0.5) is 24.7 Å². The van der Waals surface area contributed by atoms with Crippen molar-refractivity contribution in [2.75, 3.05) is 10.9 Å². The standard InChI is InChI=1S/C17H15F3N4S/c18-17(19,20)11-6-2-3-7-12(11)23-24-15-14-10-5-1-4-8-13(10)25-16(14)22-9-21-15/h2-3,6-7,9,23H,1,4-5,8H2,(H,21,22,24). The van der Waals surface area contributed by atoms with E-state index in [4.69, 9.17) is 0 Å². The Hall–Kier alpha value is -2.35. The van der Waals surface area contributed by atoms with E-state index < -0.39 is 11.7 Å². The lowest BCUT2D eigenvalue weighted by molar-refractivity contribution is -0.136. The van der Waals surface area contributed by atoms with Gasteiger partial charge in [0.15, 0.2) is 5.82 Å². The third-order valence-electron chi connectivity index (χ3n) is 4.30. The number of hydrogen-bond acceptors (Lipinski definition) is 5. The molecule has 1 aliphatic carbocycles. The van der Waals surface area contributed by atoms with E-state index in [1.807, 2.05) is 0 Å². The topological polar surface area (TPSA) is 49.8 Å². The number of hydrogen-bond donors (Lipinski definition) is 2. The molecule has 4 nitrogen and oxygen atoms in total. The fraction of sp³-hybridized carbons (Fsp3) is 0.294. The second-order valence-electron chi connectivity index (χ2n) is 5.91. The Morgan fingerprint density at radius 1 is 1.00 bits per heavy atom. The van der Waals surface area contributed by atoms with Gasteiger partial charge in [0.1, 0.15) is 11.2 Å². The van der Waals surface area contributed by atoms with Gasteiger partial charge in [-0.2, -0.15) is 13.2 Å². The molecule has 1 aliphatic rings. The van der Waals surface area contributed by atoms with E-state index >= 15 is 0 Å². The number of aryl methyl sites for hydroxylation is 2. The second kappa shape index (κ2) is 6.18. The van der Waals surface area contributed by atoms with Crippen molar-refractivity contribution in [3.63, 3.8) is 0 Å². The van der Waals surface area contributed by atoms with E-state index in [1.165, 1.54) is 28.9 Å². The molecule has 8 heteroatoms. The number of fused-ring (bicyclic) bond motifs is 3. The van der Waals surface area contributed by atoms with Gasteiger partial charge >= 0.3 is 6.18 Å². The molecule has 0 aliphatic heterocycles. The zero-order chi connectivity index (χ0) is 17.4. The van der Waals surface area contributed by atoms with Crippen molar-refractivity contribution in [2.24, 2.45) is 0 Å². The molecule has 3 aromatic rings. The predicted molar refractivity (Wildman–Crippen MR) is 92.7 cm³/mol. The predicted octanol–water partition coefficient (Wildman–Crippen LogP) is 5.03. The minimum Gasteiger partial charge on any atom is -0.299 e. The maximum atomic E-state index is 13.1. The van der Waals surface area contributed by atoms with Gasteiger partial charge < -0.3 is 0 Å². The zero-order valence-corrected chi connectivity index (χ0v) is 14.0. The molecule has 0 bridgehead atoms. The molecule has 1 aromatic carbocycles. The van der Waals surface area contributed by atoms with Gasteiger partial charge in [0, 0.05) is 4.88 Å². The number of nitrogens with zero attached hydrogens (tertiary/aromatic N) is 2. The number of rotatable bonds is 3. The minimum absolute atomic E-state index is 0.0362. The first-order valence-corrected chi connectivity index (χ1v) is 8.79. The first kappa shape index (κ1) is 16.1. The summed E-state index contributed by atoms with van der Waals surface area (Å²) in [5.74, 6) is 0.515. The van der Waals surface area contributed by atoms with E-state index in [0.717, 1.165) is 42.0 Å². The van der Waals surface area contributed by atoms with Crippen molar-refractivity contribution < 1.29 is 13.2 Å². The fourth-order valence-corrected chi connectivity index (χ4v) is 4.38. The zero-order valence-electron chi connectivity index (χ0n) is 13.2. The number of nitrogens with one attached hydrogen (secondary N) is 2. The number of para-hydroxylation sites is 1. The lowest BCUT2D eigenvalue weighted by Crippen LogP contribution is -2.16. The van der Waals surface area contributed by atoms with Gasteiger partial charge in [-0.3, -0.25) is 10.9 Å². The van der Waals surface area contributed by atoms with E-state index in [-0.39, 0.29) is 5.69 Å². The molecule has 25 heavy (non-hydrogen) atoms. The monoisotopic (exact) mass is 364 g/mol. The van der Waals surface area contributed by atoms with Crippen LogP contribution in [0.5, 0.6) is 0 Å². The van der Waals surface area contributed by atoms with E-state index in [1.54, 1.807) is 17.4 Å². The van der Waals surface area contributed by atoms with Gasteiger partial charge in [0.2, 0.25) is 0 Å². The van der Waals surface area contributed by atoms with Crippen LogP contribution >= 0.6 is 11.3 Å². The SMILES string of the molecule is FC(F)(F)c1ccccc1NNc1ncnc2sc3c(c12)CCCC3. The highest BCUT2D eigenvalue weighted by atomic mass is 32.1. The smallest absolute Gasteiger partial charge is 0.299 e. The quantitative estimate of drug-likeness (QED) is 0.640. The second-order valence-corrected chi connectivity index (χ2v) is 6.99. The van der Waals surface area contributed by atoms with E-state index in [2.05, 4.69) is 20.8 Å². The lowest BCUT2D eigenvalue weighted by Gasteiger charge is -2.16. The van der Waals surface area contributed by atoms with Crippen LogP contribution in [-0.4, -0.2) is 9.97 Å². The number of alkyl halides is 3. The Labute approximate surface area is 146 Å². The molecule has 2 N–H and O–H groups in total. The molecule has 0 unspecified atom stereocenters. The average Bonchev–Trinajstić information content (AvgIpc) is 2.98. The van der Waals surface area contributed by atoms with Gasteiger partial charge in [0.05, 0.1) is 16.6 Å². The Kier molecular flexibility index (Phi) is 3.99. The number of hydrazine groups is 1. The van der Waals surface area contributed by atoms with Crippen LogP contribution in [0.15, 0.2) is 30.6 Å². The maximum Gasteiger partial charge on any atom is 0.418 e. The number of benzene rings is 1. The Balaban J connectivity index is 1.68. The molecule has 2 aromatic heterocycles. The Morgan fingerprint density at radius 2 is 1.80 bits per heavy atom.